The number of para-hydroxylation sites is 2. The van der Waals surface area contributed by atoms with Crippen molar-refractivity contribution >= 4 is 22.3 Å². The number of hydrogen-bond donors (Lipinski definition) is 0. The lowest BCUT2D eigenvalue weighted by molar-refractivity contribution is 0.408. The van der Waals surface area contributed by atoms with Crippen molar-refractivity contribution in [3.63, 3.8) is 0 Å². The lowest BCUT2D eigenvalue weighted by Gasteiger charge is -2.00. The van der Waals surface area contributed by atoms with Crippen molar-refractivity contribution in [3.8, 4) is 11.1 Å². The Balaban J connectivity index is 2.16. The van der Waals surface area contributed by atoms with Gasteiger partial charge in [0.15, 0.2) is 22.3 Å². The summed E-state index contributed by atoms with van der Waals surface area (Å²) >= 11 is 0. The van der Waals surface area contributed by atoms with Gasteiger partial charge in [0.1, 0.15) is 0 Å². The molecule has 0 unspecified atom stereocenters. The summed E-state index contributed by atoms with van der Waals surface area (Å²) in [7, 11) is 0. The average Bonchev–Trinajstić information content (AvgIpc) is 2.98. The Morgan fingerprint density at radius 3 is 1.50 bits per heavy atom. The van der Waals surface area contributed by atoms with Crippen LogP contribution in [-0.2, 0) is 0 Å². The van der Waals surface area contributed by atoms with Crippen molar-refractivity contribution in [2.75, 3.05) is 0 Å². The number of fused-ring (bicyclic) bond motifs is 2. The van der Waals surface area contributed by atoms with Gasteiger partial charge in [-0.05, 0) is 12.1 Å². The zero-order valence-electron chi connectivity index (χ0n) is 9.91. The van der Waals surface area contributed by atoms with Crippen molar-refractivity contribution < 1.29 is 17.7 Å². The first-order valence-electron chi connectivity index (χ1n) is 5.78. The van der Waals surface area contributed by atoms with E-state index in [9.17, 15) is 9.59 Å². The predicted octanol–water partition coefficient (Wildman–Crippen LogP) is 2.75. The minimum atomic E-state index is -0.784. The average molecular weight is 270 g/mol. The molecule has 98 valence electrons. The van der Waals surface area contributed by atoms with E-state index in [0.29, 0.717) is 33.5 Å². The van der Waals surface area contributed by atoms with Gasteiger partial charge in [-0.15, -0.1) is 0 Å². The Hall–Kier alpha value is -3.02. The van der Waals surface area contributed by atoms with Gasteiger partial charge in [0.2, 0.25) is 0 Å². The second-order valence-electron chi connectivity index (χ2n) is 4.17. The predicted molar refractivity (Wildman–Crippen MR) is 68.5 cm³/mol. The Morgan fingerprint density at radius 2 is 1.05 bits per heavy atom. The Kier molecular flexibility index (Phi) is 2.03. The summed E-state index contributed by atoms with van der Waals surface area (Å²) in [6.45, 7) is 0. The van der Waals surface area contributed by atoms with Gasteiger partial charge in [0.05, 0.1) is 0 Å². The molecule has 0 aliphatic heterocycles. The minimum absolute atomic E-state index is 0.300. The fourth-order valence-electron chi connectivity index (χ4n) is 2.22. The molecule has 0 aliphatic rings. The molecule has 0 spiro atoms. The molecule has 6 heteroatoms. The maximum atomic E-state index is 11.2. The Bertz CT molecular complexity index is 957. The summed E-state index contributed by atoms with van der Waals surface area (Å²) in [4.78, 5) is 22.4. The molecule has 2 aromatic carbocycles. The molecule has 20 heavy (non-hydrogen) atoms. The van der Waals surface area contributed by atoms with Gasteiger partial charge >= 0.3 is 11.6 Å². The van der Waals surface area contributed by atoms with E-state index in [4.69, 9.17) is 17.7 Å². The molecule has 0 fully saturated rings. The summed E-state index contributed by atoms with van der Waals surface area (Å²) in [5, 5.41) is 0. The molecule has 6 nitrogen and oxygen atoms in total. The molecular weight excluding hydrogens is 264 g/mol. The van der Waals surface area contributed by atoms with Crippen LogP contribution in [0.25, 0.3) is 33.5 Å². The van der Waals surface area contributed by atoms with E-state index >= 15 is 0 Å². The summed E-state index contributed by atoms with van der Waals surface area (Å²) in [6.07, 6.45) is 0. The van der Waals surface area contributed by atoms with E-state index in [1.54, 1.807) is 36.4 Å². The standard InChI is InChI=1S/C14H6O6/c15-13-17-9-5-1-3-7(11(9)19-13)8-4-2-6-10-12(8)20-14(16)18-10/h1-6H. The highest BCUT2D eigenvalue weighted by molar-refractivity contribution is 5.97. The molecule has 2 aromatic heterocycles. The molecular formula is C14H6O6. The van der Waals surface area contributed by atoms with Gasteiger partial charge in [-0.25, -0.2) is 9.59 Å². The van der Waals surface area contributed by atoms with E-state index in [1.807, 2.05) is 0 Å². The quantitative estimate of drug-likeness (QED) is 0.528. The normalized spacial score (nSPS) is 11.4. The SMILES string of the molecule is O=c1oc2cccc(-c3cccc4oc(=O)oc34)c2o1. The van der Waals surface area contributed by atoms with Crippen LogP contribution in [-0.4, -0.2) is 0 Å². The second-order valence-corrected chi connectivity index (χ2v) is 4.17. The summed E-state index contributed by atoms with van der Waals surface area (Å²) < 4.78 is 19.9. The highest BCUT2D eigenvalue weighted by Crippen LogP contribution is 2.33. The largest absolute Gasteiger partial charge is 0.519 e. The van der Waals surface area contributed by atoms with Crippen molar-refractivity contribution in [1.82, 2.24) is 0 Å². The molecule has 0 N–H and O–H groups in total. The van der Waals surface area contributed by atoms with Crippen LogP contribution >= 0.6 is 0 Å². The molecule has 4 aromatic rings. The second kappa shape index (κ2) is 3.74. The molecule has 0 amide bonds. The third kappa shape index (κ3) is 1.45. The van der Waals surface area contributed by atoms with Gasteiger partial charge in [-0.3, -0.25) is 0 Å². The third-order valence-electron chi connectivity index (χ3n) is 3.01. The van der Waals surface area contributed by atoms with Crippen molar-refractivity contribution in [1.29, 1.82) is 0 Å². The highest BCUT2D eigenvalue weighted by Gasteiger charge is 2.16. The number of rotatable bonds is 1. The van der Waals surface area contributed by atoms with Gasteiger partial charge in [0.25, 0.3) is 0 Å². The van der Waals surface area contributed by atoms with Gasteiger partial charge in [0, 0.05) is 11.1 Å². The van der Waals surface area contributed by atoms with Crippen molar-refractivity contribution in [2.24, 2.45) is 0 Å². The van der Waals surface area contributed by atoms with E-state index < -0.39 is 11.6 Å². The Labute approximate surface area is 109 Å². The summed E-state index contributed by atoms with van der Waals surface area (Å²) in [6, 6.07) is 10.1. The molecule has 0 bridgehead atoms. The maximum absolute atomic E-state index is 11.2. The lowest BCUT2D eigenvalue weighted by atomic mass is 10.0. The monoisotopic (exact) mass is 270 g/mol. The molecule has 0 aliphatic carbocycles. The van der Waals surface area contributed by atoms with Crippen LogP contribution in [0.15, 0.2) is 63.7 Å². The van der Waals surface area contributed by atoms with Crippen LogP contribution in [0.4, 0.5) is 0 Å². The van der Waals surface area contributed by atoms with Crippen LogP contribution in [0.3, 0.4) is 0 Å². The highest BCUT2D eigenvalue weighted by atomic mass is 16.6. The maximum Gasteiger partial charge on any atom is 0.519 e. The molecule has 4 rings (SSSR count). The smallest absolute Gasteiger partial charge is 0.391 e. The van der Waals surface area contributed by atoms with Crippen LogP contribution in [0.2, 0.25) is 0 Å². The van der Waals surface area contributed by atoms with Crippen molar-refractivity contribution in [3.05, 3.63) is 57.6 Å². The van der Waals surface area contributed by atoms with E-state index in [2.05, 4.69) is 0 Å². The fraction of sp³-hybridized carbons (Fsp3) is 0. The summed E-state index contributed by atoms with van der Waals surface area (Å²) in [5.41, 5.74) is 2.43. The number of benzene rings is 2. The van der Waals surface area contributed by atoms with Crippen LogP contribution in [0.5, 0.6) is 0 Å². The first kappa shape index (κ1) is 10.9. The van der Waals surface area contributed by atoms with Crippen LogP contribution in [0.1, 0.15) is 0 Å². The van der Waals surface area contributed by atoms with Gasteiger partial charge < -0.3 is 17.7 Å². The molecule has 0 saturated carbocycles. The molecule has 0 saturated heterocycles. The molecule has 2 heterocycles. The number of hydrogen-bond acceptors (Lipinski definition) is 6. The topological polar surface area (TPSA) is 86.7 Å². The van der Waals surface area contributed by atoms with Crippen LogP contribution in [0, 0.1) is 0 Å². The lowest BCUT2D eigenvalue weighted by Crippen LogP contribution is -1.85. The first-order chi connectivity index (χ1) is 9.72. The van der Waals surface area contributed by atoms with Gasteiger partial charge in [-0.1, -0.05) is 24.3 Å². The van der Waals surface area contributed by atoms with Crippen molar-refractivity contribution in [2.45, 2.75) is 0 Å². The zero-order chi connectivity index (χ0) is 13.7. The summed E-state index contributed by atoms with van der Waals surface area (Å²) in [5.74, 6) is -1.57. The zero-order valence-corrected chi connectivity index (χ0v) is 9.91. The van der Waals surface area contributed by atoms with E-state index in [-0.39, 0.29) is 0 Å². The van der Waals surface area contributed by atoms with E-state index in [1.165, 1.54) is 0 Å². The van der Waals surface area contributed by atoms with Gasteiger partial charge in [-0.2, -0.15) is 0 Å². The third-order valence-corrected chi connectivity index (χ3v) is 3.01. The minimum Gasteiger partial charge on any atom is -0.391 e. The van der Waals surface area contributed by atoms with E-state index in [0.717, 1.165) is 0 Å². The Morgan fingerprint density at radius 1 is 0.600 bits per heavy atom. The van der Waals surface area contributed by atoms with Crippen LogP contribution < -0.4 is 11.6 Å². The molecule has 0 radical (unpaired) electrons. The molecule has 0 atom stereocenters. The first-order valence-corrected chi connectivity index (χ1v) is 5.78. The fourth-order valence-corrected chi connectivity index (χ4v) is 2.22.